The van der Waals surface area contributed by atoms with Crippen LogP contribution in [-0.4, -0.2) is 15.3 Å². The first-order valence-electron chi connectivity index (χ1n) is 16.4. The summed E-state index contributed by atoms with van der Waals surface area (Å²) in [7, 11) is 0. The second-order valence-electron chi connectivity index (χ2n) is 12.5. The first-order valence-corrected chi connectivity index (χ1v) is 17.3. The number of fused-ring (bicyclic) bond motifs is 8. The Bertz CT molecular complexity index is 2500. The van der Waals surface area contributed by atoms with Gasteiger partial charge in [-0.1, -0.05) is 133 Å². The van der Waals surface area contributed by atoms with Crippen LogP contribution in [0.4, 0.5) is 5.69 Å². The van der Waals surface area contributed by atoms with Crippen LogP contribution in [0.25, 0.3) is 72.5 Å². The van der Waals surface area contributed by atoms with Crippen molar-refractivity contribution in [2.75, 3.05) is 5.32 Å². The minimum Gasteiger partial charge on any atom is -0.460 e. The van der Waals surface area contributed by atoms with Crippen molar-refractivity contribution in [1.82, 2.24) is 9.97 Å². The lowest BCUT2D eigenvalue weighted by Crippen LogP contribution is -2.21. The fourth-order valence-corrected chi connectivity index (χ4v) is 8.61. The van der Waals surface area contributed by atoms with Gasteiger partial charge in [0, 0.05) is 37.9 Å². The molecule has 4 nitrogen and oxygen atoms in total. The SMILES string of the molecule is C1=Cc2c(oc3ccccc23)C(C2Nc3c(ccc4ccc5cc(-c6nc(-c7ccccc7)cc(-c7ccccc7)n6)ccc5c34)S2)C1. The largest absolute Gasteiger partial charge is 0.460 e. The van der Waals surface area contributed by atoms with Crippen LogP contribution in [0.1, 0.15) is 23.7 Å². The number of rotatable bonds is 4. The summed E-state index contributed by atoms with van der Waals surface area (Å²) in [5, 5.41) is 10.2. The zero-order valence-corrected chi connectivity index (χ0v) is 26.7. The maximum atomic E-state index is 6.48. The average molecular weight is 636 g/mol. The average Bonchev–Trinajstić information content (AvgIpc) is 3.77. The summed E-state index contributed by atoms with van der Waals surface area (Å²) >= 11 is 1.91. The number of hydrogen-bond acceptors (Lipinski definition) is 5. The van der Waals surface area contributed by atoms with Crippen molar-refractivity contribution in [3.05, 3.63) is 151 Å². The molecule has 0 spiro atoms. The van der Waals surface area contributed by atoms with Crippen molar-refractivity contribution < 1.29 is 4.42 Å². The van der Waals surface area contributed by atoms with Gasteiger partial charge in [-0.15, -0.1) is 0 Å². The maximum Gasteiger partial charge on any atom is 0.160 e. The second kappa shape index (κ2) is 11.0. The van der Waals surface area contributed by atoms with Crippen LogP contribution in [0, 0.1) is 0 Å². The highest BCUT2D eigenvalue weighted by molar-refractivity contribution is 8.00. The third kappa shape index (κ3) is 4.46. The van der Waals surface area contributed by atoms with E-state index in [2.05, 4.69) is 133 Å². The molecule has 0 fully saturated rings. The van der Waals surface area contributed by atoms with Crippen molar-refractivity contribution in [2.24, 2.45) is 0 Å². The Labute approximate surface area is 282 Å². The lowest BCUT2D eigenvalue weighted by molar-refractivity contribution is 0.487. The molecule has 1 aliphatic heterocycles. The molecule has 3 heterocycles. The molecule has 6 aromatic carbocycles. The van der Waals surface area contributed by atoms with E-state index in [9.17, 15) is 0 Å². The monoisotopic (exact) mass is 635 g/mol. The van der Waals surface area contributed by atoms with E-state index in [4.69, 9.17) is 14.4 Å². The molecule has 48 heavy (non-hydrogen) atoms. The highest BCUT2D eigenvalue weighted by atomic mass is 32.2. The number of aromatic nitrogens is 2. The summed E-state index contributed by atoms with van der Waals surface area (Å²) in [5.74, 6) is 2.04. The number of thioether (sulfide) groups is 1. The molecule has 8 aromatic rings. The number of hydrogen-bond donors (Lipinski definition) is 1. The van der Waals surface area contributed by atoms with Crippen molar-refractivity contribution in [2.45, 2.75) is 22.6 Å². The summed E-state index contributed by atoms with van der Waals surface area (Å²) in [6.07, 6.45) is 5.47. The van der Waals surface area contributed by atoms with Crippen molar-refractivity contribution >= 4 is 56.0 Å². The highest BCUT2D eigenvalue weighted by Gasteiger charge is 2.35. The number of furan rings is 1. The van der Waals surface area contributed by atoms with E-state index in [-0.39, 0.29) is 11.3 Å². The molecule has 2 atom stereocenters. The maximum absolute atomic E-state index is 6.48. The third-order valence-corrected chi connectivity index (χ3v) is 11.0. The molecule has 1 aliphatic carbocycles. The molecule has 1 N–H and O–H groups in total. The van der Waals surface area contributed by atoms with Crippen LogP contribution in [-0.2, 0) is 0 Å². The Balaban J connectivity index is 1.06. The van der Waals surface area contributed by atoms with E-state index in [0.717, 1.165) is 51.7 Å². The number of nitrogens with zero attached hydrogens (tertiary/aromatic N) is 2. The first kappa shape index (κ1) is 27.5. The van der Waals surface area contributed by atoms with Gasteiger partial charge in [-0.2, -0.15) is 0 Å². The molecule has 0 saturated heterocycles. The minimum absolute atomic E-state index is 0.176. The Kier molecular flexibility index (Phi) is 6.27. The quantitative estimate of drug-likeness (QED) is 0.195. The Hall–Kier alpha value is -5.65. The molecular formula is C43H29N3OS. The molecule has 5 heteroatoms. The predicted octanol–water partition coefficient (Wildman–Crippen LogP) is 11.6. The molecule has 2 aromatic heterocycles. The van der Waals surface area contributed by atoms with Crippen LogP contribution in [0.5, 0.6) is 0 Å². The number of anilines is 1. The van der Waals surface area contributed by atoms with Crippen molar-refractivity contribution in [3.63, 3.8) is 0 Å². The van der Waals surface area contributed by atoms with E-state index < -0.39 is 0 Å². The zero-order chi connectivity index (χ0) is 31.6. The van der Waals surface area contributed by atoms with Gasteiger partial charge >= 0.3 is 0 Å². The van der Waals surface area contributed by atoms with Crippen molar-refractivity contribution in [3.8, 4) is 33.9 Å². The zero-order valence-electron chi connectivity index (χ0n) is 25.9. The van der Waals surface area contributed by atoms with Crippen LogP contribution < -0.4 is 5.32 Å². The lowest BCUT2D eigenvalue weighted by atomic mass is 9.92. The minimum atomic E-state index is 0.176. The Morgan fingerprint density at radius 1 is 0.646 bits per heavy atom. The fraction of sp³-hybridized carbons (Fsp3) is 0.0698. The van der Waals surface area contributed by atoms with E-state index in [1.165, 1.54) is 43.1 Å². The van der Waals surface area contributed by atoms with Crippen molar-refractivity contribution in [1.29, 1.82) is 0 Å². The smallest absolute Gasteiger partial charge is 0.160 e. The molecule has 0 radical (unpaired) electrons. The van der Waals surface area contributed by atoms with Gasteiger partial charge < -0.3 is 9.73 Å². The van der Waals surface area contributed by atoms with Gasteiger partial charge in [-0.05, 0) is 46.8 Å². The van der Waals surface area contributed by atoms with Gasteiger partial charge in [0.05, 0.1) is 28.4 Å². The second-order valence-corrected chi connectivity index (χ2v) is 13.7. The summed E-state index contributed by atoms with van der Waals surface area (Å²) in [6.45, 7) is 0. The highest BCUT2D eigenvalue weighted by Crippen LogP contribution is 2.51. The molecule has 10 rings (SSSR count). The van der Waals surface area contributed by atoms with Gasteiger partial charge in [-0.25, -0.2) is 9.97 Å². The summed E-state index contributed by atoms with van der Waals surface area (Å²) in [6, 6.07) is 46.8. The summed E-state index contributed by atoms with van der Waals surface area (Å²) < 4.78 is 6.48. The van der Waals surface area contributed by atoms with Crippen LogP contribution in [0.2, 0.25) is 0 Å². The lowest BCUT2D eigenvalue weighted by Gasteiger charge is -2.23. The molecule has 2 aliphatic rings. The Morgan fingerprint density at radius 2 is 1.35 bits per heavy atom. The Morgan fingerprint density at radius 3 is 2.15 bits per heavy atom. The third-order valence-electron chi connectivity index (χ3n) is 9.67. The normalized spacial score (nSPS) is 16.7. The summed E-state index contributed by atoms with van der Waals surface area (Å²) in [5.41, 5.74) is 8.35. The molecule has 0 amide bonds. The molecule has 0 saturated carbocycles. The van der Waals surface area contributed by atoms with Gasteiger partial charge in [0.2, 0.25) is 0 Å². The van der Waals surface area contributed by atoms with Gasteiger partial charge in [0.1, 0.15) is 11.3 Å². The number of nitrogens with one attached hydrogen (secondary N) is 1. The molecule has 228 valence electrons. The predicted molar refractivity (Wildman–Crippen MR) is 199 cm³/mol. The van der Waals surface area contributed by atoms with Gasteiger partial charge in [0.15, 0.2) is 5.82 Å². The van der Waals surface area contributed by atoms with E-state index in [1.54, 1.807) is 0 Å². The standard InChI is InChI=1S/C43H29N3OS/c1-3-10-26(11-4-1)35-25-36(27-12-5-2-6-13-27)45-42(44-35)30-20-22-31-29(24-30)19-18-28-21-23-38-40(39(28)31)46-43(48-38)34-16-9-15-33-32-14-7-8-17-37(32)47-41(33)34/h1-15,17-25,34,43,46H,16H2. The topological polar surface area (TPSA) is 51.0 Å². The van der Waals surface area contributed by atoms with Gasteiger partial charge in [-0.3, -0.25) is 0 Å². The van der Waals surface area contributed by atoms with E-state index in [1.807, 2.05) is 30.0 Å². The molecule has 0 bridgehead atoms. The van der Waals surface area contributed by atoms with Crippen LogP contribution >= 0.6 is 11.8 Å². The van der Waals surface area contributed by atoms with Crippen LogP contribution in [0.3, 0.4) is 0 Å². The van der Waals surface area contributed by atoms with Crippen LogP contribution in [0.15, 0.2) is 149 Å². The molecular weight excluding hydrogens is 607 g/mol. The van der Waals surface area contributed by atoms with Gasteiger partial charge in [0.25, 0.3) is 0 Å². The molecule has 2 unspecified atom stereocenters. The number of allylic oxidation sites excluding steroid dienone is 1. The van der Waals surface area contributed by atoms with E-state index in [0.29, 0.717) is 0 Å². The fourth-order valence-electron chi connectivity index (χ4n) is 7.33. The first-order chi connectivity index (χ1) is 23.8. The number of benzene rings is 6. The number of para-hydroxylation sites is 1. The summed E-state index contributed by atoms with van der Waals surface area (Å²) in [4.78, 5) is 11.4. The van der Waals surface area contributed by atoms with E-state index >= 15 is 0 Å².